The highest BCUT2D eigenvalue weighted by atomic mass is 16.5. The summed E-state index contributed by atoms with van der Waals surface area (Å²) >= 11 is 0. The Morgan fingerprint density at radius 1 is 1.15 bits per heavy atom. The van der Waals surface area contributed by atoms with Crippen molar-refractivity contribution in [2.45, 2.75) is 19.3 Å². The number of carbonyl (C=O) groups is 2. The van der Waals surface area contributed by atoms with Crippen molar-refractivity contribution in [2.75, 3.05) is 53.0 Å². The van der Waals surface area contributed by atoms with Crippen LogP contribution >= 0.6 is 0 Å². The van der Waals surface area contributed by atoms with Crippen LogP contribution in [0.5, 0.6) is 5.75 Å². The largest absolute Gasteiger partial charge is 0.497 e. The number of hydrogen-bond donors (Lipinski definition) is 1. The van der Waals surface area contributed by atoms with Crippen molar-refractivity contribution in [3.05, 3.63) is 29.8 Å². The van der Waals surface area contributed by atoms with Gasteiger partial charge >= 0.3 is 6.03 Å². The number of amides is 3. The summed E-state index contributed by atoms with van der Waals surface area (Å²) in [7, 11) is 1.60. The highest BCUT2D eigenvalue weighted by molar-refractivity contribution is 5.94. The molecule has 2 aliphatic rings. The number of carbonyl (C=O) groups excluding carboxylic acids is 2. The molecule has 2 saturated heterocycles. The molecule has 1 N–H and O–H groups in total. The van der Waals surface area contributed by atoms with Crippen molar-refractivity contribution in [1.82, 2.24) is 15.1 Å². The molecule has 3 amide bonds. The smallest absolute Gasteiger partial charge is 0.317 e. The standard InChI is InChI=1S/C20H29N3O4/c1-26-18-6-4-17(5-7-18)19(24)22-10-12-23(13-11-22)20(25)21-9-2-3-16-8-14-27-15-16/h4-7,16H,2-3,8-15H2,1H3,(H,21,25)/t16-/m1/s1. The molecular weight excluding hydrogens is 346 g/mol. The maximum absolute atomic E-state index is 12.6. The minimum absolute atomic E-state index is 0.00325. The Labute approximate surface area is 160 Å². The predicted octanol–water partition coefficient (Wildman–Crippen LogP) is 1.98. The minimum Gasteiger partial charge on any atom is -0.497 e. The molecule has 2 heterocycles. The third-order valence-corrected chi connectivity index (χ3v) is 5.28. The Kier molecular flexibility index (Phi) is 6.92. The molecule has 0 aromatic heterocycles. The van der Waals surface area contributed by atoms with Gasteiger partial charge in [-0.05, 0) is 49.4 Å². The molecule has 3 rings (SSSR count). The fourth-order valence-electron chi connectivity index (χ4n) is 3.54. The number of nitrogens with zero attached hydrogens (tertiary/aromatic N) is 2. The lowest BCUT2D eigenvalue weighted by Gasteiger charge is -2.34. The van der Waals surface area contributed by atoms with E-state index in [1.807, 2.05) is 0 Å². The zero-order valence-electron chi connectivity index (χ0n) is 16.0. The van der Waals surface area contributed by atoms with Crippen LogP contribution in [0.1, 0.15) is 29.6 Å². The average molecular weight is 375 g/mol. The summed E-state index contributed by atoms with van der Waals surface area (Å²) in [5, 5.41) is 2.99. The number of urea groups is 1. The van der Waals surface area contributed by atoms with E-state index in [2.05, 4.69) is 5.32 Å². The van der Waals surface area contributed by atoms with Crippen LogP contribution in [0.4, 0.5) is 4.79 Å². The Morgan fingerprint density at radius 3 is 2.48 bits per heavy atom. The minimum atomic E-state index is -0.0331. The van der Waals surface area contributed by atoms with Crippen LogP contribution in [0.3, 0.4) is 0 Å². The van der Waals surface area contributed by atoms with Crippen molar-refractivity contribution in [2.24, 2.45) is 5.92 Å². The van der Waals surface area contributed by atoms with E-state index in [1.165, 1.54) is 0 Å². The summed E-state index contributed by atoms with van der Waals surface area (Å²) in [6.07, 6.45) is 3.22. The van der Waals surface area contributed by atoms with Crippen LogP contribution in [0.25, 0.3) is 0 Å². The first kappa shape index (κ1) is 19.5. The molecule has 148 valence electrons. The molecule has 0 spiro atoms. The van der Waals surface area contributed by atoms with Crippen LogP contribution in [-0.2, 0) is 4.74 Å². The Hall–Kier alpha value is -2.28. The van der Waals surface area contributed by atoms with Gasteiger partial charge < -0.3 is 24.6 Å². The third-order valence-electron chi connectivity index (χ3n) is 5.28. The van der Waals surface area contributed by atoms with Crippen LogP contribution in [0.2, 0.25) is 0 Å². The SMILES string of the molecule is COc1ccc(C(=O)N2CCN(C(=O)NCCC[C@@H]3CCOC3)CC2)cc1. The Balaban J connectivity index is 1.37. The zero-order valence-corrected chi connectivity index (χ0v) is 16.0. The van der Waals surface area contributed by atoms with E-state index in [0.717, 1.165) is 38.2 Å². The number of piperazine rings is 1. The van der Waals surface area contributed by atoms with Crippen molar-refractivity contribution in [1.29, 1.82) is 0 Å². The first-order valence-electron chi connectivity index (χ1n) is 9.71. The van der Waals surface area contributed by atoms with E-state index >= 15 is 0 Å². The number of ether oxygens (including phenoxy) is 2. The average Bonchev–Trinajstić information content (AvgIpc) is 3.24. The molecule has 1 aromatic carbocycles. The van der Waals surface area contributed by atoms with Gasteiger partial charge in [0.15, 0.2) is 0 Å². The van der Waals surface area contributed by atoms with E-state index in [4.69, 9.17) is 9.47 Å². The van der Waals surface area contributed by atoms with Crippen LogP contribution in [0.15, 0.2) is 24.3 Å². The van der Waals surface area contributed by atoms with Crippen LogP contribution in [-0.4, -0.2) is 74.8 Å². The topological polar surface area (TPSA) is 71.1 Å². The Bertz CT molecular complexity index is 621. The van der Waals surface area contributed by atoms with E-state index in [0.29, 0.717) is 44.2 Å². The Morgan fingerprint density at radius 2 is 1.85 bits per heavy atom. The molecule has 2 aliphatic heterocycles. The van der Waals surface area contributed by atoms with Crippen molar-refractivity contribution in [3.8, 4) is 5.75 Å². The molecule has 1 atom stereocenters. The van der Waals surface area contributed by atoms with E-state index in [9.17, 15) is 9.59 Å². The number of benzene rings is 1. The van der Waals surface area contributed by atoms with E-state index in [1.54, 1.807) is 41.2 Å². The highest BCUT2D eigenvalue weighted by Gasteiger charge is 2.24. The van der Waals surface area contributed by atoms with E-state index in [-0.39, 0.29) is 11.9 Å². The molecule has 0 radical (unpaired) electrons. The molecule has 0 unspecified atom stereocenters. The van der Waals surface area contributed by atoms with Gasteiger partial charge in [0.05, 0.1) is 7.11 Å². The maximum atomic E-state index is 12.6. The fraction of sp³-hybridized carbons (Fsp3) is 0.600. The van der Waals surface area contributed by atoms with Gasteiger partial charge in [-0.15, -0.1) is 0 Å². The summed E-state index contributed by atoms with van der Waals surface area (Å²) in [5.41, 5.74) is 0.643. The highest BCUT2D eigenvalue weighted by Crippen LogP contribution is 2.17. The maximum Gasteiger partial charge on any atom is 0.317 e. The van der Waals surface area contributed by atoms with Gasteiger partial charge in [0.25, 0.3) is 5.91 Å². The van der Waals surface area contributed by atoms with Crippen LogP contribution < -0.4 is 10.1 Å². The zero-order chi connectivity index (χ0) is 19.1. The van der Waals surface area contributed by atoms with Gasteiger partial charge in [0.1, 0.15) is 5.75 Å². The van der Waals surface area contributed by atoms with Crippen molar-refractivity contribution < 1.29 is 19.1 Å². The van der Waals surface area contributed by atoms with Gasteiger partial charge in [-0.1, -0.05) is 0 Å². The van der Waals surface area contributed by atoms with Crippen molar-refractivity contribution in [3.63, 3.8) is 0 Å². The number of nitrogens with one attached hydrogen (secondary N) is 1. The lowest BCUT2D eigenvalue weighted by molar-refractivity contribution is 0.0665. The number of hydrogen-bond acceptors (Lipinski definition) is 4. The number of methoxy groups -OCH3 is 1. The van der Waals surface area contributed by atoms with Crippen molar-refractivity contribution >= 4 is 11.9 Å². The van der Waals surface area contributed by atoms with Crippen LogP contribution in [0, 0.1) is 5.92 Å². The molecule has 0 bridgehead atoms. The number of rotatable bonds is 6. The molecule has 27 heavy (non-hydrogen) atoms. The second-order valence-electron chi connectivity index (χ2n) is 7.11. The molecule has 1 aromatic rings. The van der Waals surface area contributed by atoms with Gasteiger partial charge in [-0.3, -0.25) is 4.79 Å². The summed E-state index contributed by atoms with van der Waals surface area (Å²) in [6, 6.07) is 7.09. The van der Waals surface area contributed by atoms with Gasteiger partial charge in [0.2, 0.25) is 0 Å². The summed E-state index contributed by atoms with van der Waals surface area (Å²) in [4.78, 5) is 28.4. The third kappa shape index (κ3) is 5.35. The molecule has 7 nitrogen and oxygen atoms in total. The normalized spacial score (nSPS) is 19.8. The molecule has 7 heteroatoms. The first-order valence-corrected chi connectivity index (χ1v) is 9.71. The first-order chi connectivity index (χ1) is 13.2. The second-order valence-corrected chi connectivity index (χ2v) is 7.11. The van der Waals surface area contributed by atoms with E-state index < -0.39 is 0 Å². The summed E-state index contributed by atoms with van der Waals surface area (Å²) in [6.45, 7) is 4.65. The monoisotopic (exact) mass is 375 g/mol. The predicted molar refractivity (Wildman–Crippen MR) is 102 cm³/mol. The molecule has 2 fully saturated rings. The second kappa shape index (κ2) is 9.60. The fourth-order valence-corrected chi connectivity index (χ4v) is 3.54. The lowest BCUT2D eigenvalue weighted by atomic mass is 10.0. The molecular formula is C20H29N3O4. The lowest BCUT2D eigenvalue weighted by Crippen LogP contribution is -2.53. The quantitative estimate of drug-likeness (QED) is 0.772. The molecule has 0 aliphatic carbocycles. The summed E-state index contributed by atoms with van der Waals surface area (Å²) in [5.74, 6) is 1.37. The molecule has 0 saturated carbocycles. The van der Waals surface area contributed by atoms with Gasteiger partial charge in [0, 0.05) is 51.5 Å². The van der Waals surface area contributed by atoms with Gasteiger partial charge in [-0.25, -0.2) is 4.79 Å². The summed E-state index contributed by atoms with van der Waals surface area (Å²) < 4.78 is 10.5. The van der Waals surface area contributed by atoms with Gasteiger partial charge in [-0.2, -0.15) is 0 Å².